The number of aromatic nitrogens is 2. The second-order valence-corrected chi connectivity index (χ2v) is 7.26. The fourth-order valence-electron chi connectivity index (χ4n) is 3.11. The van der Waals surface area contributed by atoms with Crippen molar-refractivity contribution in [2.45, 2.75) is 26.3 Å². The van der Waals surface area contributed by atoms with Crippen LogP contribution in [-0.2, 0) is 24.1 Å². The number of hydrogen-bond donors (Lipinski definition) is 0. The Bertz CT molecular complexity index is 859. The molecule has 0 atom stereocenters. The monoisotopic (exact) mass is 377 g/mol. The Morgan fingerprint density at radius 2 is 2.15 bits per heavy atom. The van der Waals surface area contributed by atoms with Crippen molar-refractivity contribution in [1.82, 2.24) is 14.5 Å². The maximum atomic E-state index is 12.6. The number of esters is 1. The molecule has 0 aromatic carbocycles. The number of hydrogen-bond acceptors (Lipinski definition) is 7. The Morgan fingerprint density at radius 3 is 2.85 bits per heavy atom. The Balaban J connectivity index is 1.91. The Morgan fingerprint density at radius 1 is 1.35 bits per heavy atom. The van der Waals surface area contributed by atoms with Gasteiger partial charge in [0, 0.05) is 49.1 Å². The standard InChI is InChI=1S/C18H23N3O4S/c1-12-15(26-11-19-12)5-9-25-14-10-16(22)21-8-7-20(2)6-4-13(21)17(14)18(23)24-3/h10-11H,4-9H2,1-3H3. The van der Waals surface area contributed by atoms with Crippen molar-refractivity contribution in [3.63, 3.8) is 0 Å². The number of methoxy groups -OCH3 is 1. The molecule has 0 saturated carbocycles. The first kappa shape index (κ1) is 18.6. The summed E-state index contributed by atoms with van der Waals surface area (Å²) >= 11 is 1.57. The molecule has 0 unspecified atom stereocenters. The highest BCUT2D eigenvalue weighted by molar-refractivity contribution is 7.09. The predicted molar refractivity (Wildman–Crippen MR) is 99.3 cm³/mol. The number of pyridine rings is 1. The topological polar surface area (TPSA) is 73.7 Å². The summed E-state index contributed by atoms with van der Waals surface area (Å²) in [5.74, 6) is -0.165. The normalized spacial score (nSPS) is 14.6. The summed E-state index contributed by atoms with van der Waals surface area (Å²) in [5, 5.41) is 0. The van der Waals surface area contributed by atoms with Crippen LogP contribution < -0.4 is 10.3 Å². The molecule has 140 valence electrons. The van der Waals surface area contributed by atoms with Crippen LogP contribution in [0.15, 0.2) is 16.4 Å². The van der Waals surface area contributed by atoms with Gasteiger partial charge in [0.2, 0.25) is 0 Å². The Labute approximate surface area is 156 Å². The Kier molecular flexibility index (Phi) is 5.73. The van der Waals surface area contributed by atoms with Gasteiger partial charge in [-0.2, -0.15) is 0 Å². The summed E-state index contributed by atoms with van der Waals surface area (Å²) in [4.78, 5) is 32.5. The van der Waals surface area contributed by atoms with Crippen LogP contribution in [0.2, 0.25) is 0 Å². The molecule has 0 bridgehead atoms. The minimum absolute atomic E-state index is 0.146. The Hall–Kier alpha value is -2.19. The fraction of sp³-hybridized carbons (Fsp3) is 0.500. The van der Waals surface area contributed by atoms with Crippen LogP contribution in [0.4, 0.5) is 0 Å². The van der Waals surface area contributed by atoms with Gasteiger partial charge in [-0.1, -0.05) is 0 Å². The molecule has 2 aromatic rings. The van der Waals surface area contributed by atoms with Crippen LogP contribution >= 0.6 is 11.3 Å². The maximum Gasteiger partial charge on any atom is 0.343 e. The summed E-state index contributed by atoms with van der Waals surface area (Å²) in [5.41, 5.74) is 3.69. The van der Waals surface area contributed by atoms with E-state index in [1.807, 2.05) is 14.0 Å². The zero-order chi connectivity index (χ0) is 18.7. The zero-order valence-electron chi connectivity index (χ0n) is 15.3. The molecule has 1 aliphatic rings. The highest BCUT2D eigenvalue weighted by Crippen LogP contribution is 2.24. The third-order valence-corrected chi connectivity index (χ3v) is 5.63. The molecular formula is C18H23N3O4S. The molecule has 26 heavy (non-hydrogen) atoms. The number of thiazole rings is 1. The number of likely N-dealkylation sites (N-methyl/N-ethyl adjacent to an activating group) is 1. The van der Waals surface area contributed by atoms with Crippen LogP contribution in [0.1, 0.15) is 26.6 Å². The number of carbonyl (C=O) groups excluding carboxylic acids is 1. The molecule has 2 aromatic heterocycles. The third-order valence-electron chi connectivity index (χ3n) is 4.64. The SMILES string of the molecule is COC(=O)c1c(OCCc2scnc2C)cc(=O)n2c1CCN(C)CC2. The number of nitrogens with zero attached hydrogens (tertiary/aromatic N) is 3. The van der Waals surface area contributed by atoms with Gasteiger partial charge in [-0.3, -0.25) is 4.79 Å². The number of carbonyl (C=O) groups is 1. The molecule has 1 aliphatic heterocycles. The van der Waals surface area contributed by atoms with Gasteiger partial charge in [-0.25, -0.2) is 9.78 Å². The van der Waals surface area contributed by atoms with Gasteiger partial charge in [0.15, 0.2) is 0 Å². The van der Waals surface area contributed by atoms with Crippen molar-refractivity contribution in [3.8, 4) is 5.75 Å². The van der Waals surface area contributed by atoms with E-state index in [0.29, 0.717) is 43.0 Å². The molecule has 0 amide bonds. The molecule has 0 radical (unpaired) electrons. The average Bonchev–Trinajstić information content (AvgIpc) is 2.92. The van der Waals surface area contributed by atoms with Gasteiger partial charge in [0.05, 0.1) is 24.9 Å². The summed E-state index contributed by atoms with van der Waals surface area (Å²) in [6.45, 7) is 4.41. The van der Waals surface area contributed by atoms with Crippen LogP contribution in [0.5, 0.6) is 5.75 Å². The largest absolute Gasteiger partial charge is 0.492 e. The lowest BCUT2D eigenvalue weighted by Gasteiger charge is -2.17. The van der Waals surface area contributed by atoms with E-state index in [9.17, 15) is 9.59 Å². The first-order chi connectivity index (χ1) is 12.5. The molecule has 7 nitrogen and oxygen atoms in total. The highest BCUT2D eigenvalue weighted by Gasteiger charge is 2.25. The van der Waals surface area contributed by atoms with Crippen molar-refractivity contribution in [1.29, 1.82) is 0 Å². The quantitative estimate of drug-likeness (QED) is 0.736. The van der Waals surface area contributed by atoms with Crippen LogP contribution in [0, 0.1) is 6.92 Å². The van der Waals surface area contributed by atoms with Gasteiger partial charge < -0.3 is 18.9 Å². The number of fused-ring (bicyclic) bond motifs is 1. The number of rotatable bonds is 5. The lowest BCUT2D eigenvalue weighted by Crippen LogP contribution is -2.28. The first-order valence-electron chi connectivity index (χ1n) is 8.56. The summed E-state index contributed by atoms with van der Waals surface area (Å²) in [6, 6.07) is 1.40. The lowest BCUT2D eigenvalue weighted by atomic mass is 10.1. The van der Waals surface area contributed by atoms with E-state index >= 15 is 0 Å². The molecule has 0 aliphatic carbocycles. The smallest absolute Gasteiger partial charge is 0.343 e. The predicted octanol–water partition coefficient (Wildman–Crippen LogP) is 1.51. The molecule has 0 fully saturated rings. The number of aryl methyl sites for hydroxylation is 1. The van der Waals surface area contributed by atoms with E-state index in [0.717, 1.165) is 23.7 Å². The van der Waals surface area contributed by atoms with E-state index in [2.05, 4.69) is 9.88 Å². The van der Waals surface area contributed by atoms with Crippen molar-refractivity contribution in [3.05, 3.63) is 43.8 Å². The zero-order valence-corrected chi connectivity index (χ0v) is 16.1. The lowest BCUT2D eigenvalue weighted by molar-refractivity contribution is 0.0593. The van der Waals surface area contributed by atoms with E-state index in [-0.39, 0.29) is 5.56 Å². The van der Waals surface area contributed by atoms with Crippen molar-refractivity contribution >= 4 is 17.3 Å². The molecule has 0 spiro atoms. The second-order valence-electron chi connectivity index (χ2n) is 6.32. The van der Waals surface area contributed by atoms with Gasteiger partial charge in [0.25, 0.3) is 5.56 Å². The van der Waals surface area contributed by atoms with Crippen LogP contribution in [-0.4, -0.2) is 54.3 Å². The fourth-order valence-corrected chi connectivity index (χ4v) is 3.87. The van der Waals surface area contributed by atoms with Gasteiger partial charge in [0.1, 0.15) is 11.3 Å². The third kappa shape index (κ3) is 3.81. The van der Waals surface area contributed by atoms with Crippen molar-refractivity contribution in [2.75, 3.05) is 33.9 Å². The second kappa shape index (κ2) is 8.01. The van der Waals surface area contributed by atoms with E-state index in [1.54, 1.807) is 21.4 Å². The molecule has 8 heteroatoms. The molecule has 3 heterocycles. The minimum atomic E-state index is -0.470. The van der Waals surface area contributed by atoms with Crippen molar-refractivity contribution in [2.24, 2.45) is 0 Å². The van der Waals surface area contributed by atoms with Crippen LogP contribution in [0.3, 0.4) is 0 Å². The van der Waals surface area contributed by atoms with Crippen LogP contribution in [0.25, 0.3) is 0 Å². The number of ether oxygens (including phenoxy) is 2. The highest BCUT2D eigenvalue weighted by atomic mass is 32.1. The van der Waals surface area contributed by atoms with Gasteiger partial charge in [-0.05, 0) is 14.0 Å². The molecule has 3 rings (SSSR count). The summed E-state index contributed by atoms with van der Waals surface area (Å²) in [6.07, 6.45) is 1.28. The molecular weight excluding hydrogens is 354 g/mol. The first-order valence-corrected chi connectivity index (χ1v) is 9.44. The minimum Gasteiger partial charge on any atom is -0.492 e. The van der Waals surface area contributed by atoms with Crippen molar-refractivity contribution < 1.29 is 14.3 Å². The van der Waals surface area contributed by atoms with Gasteiger partial charge >= 0.3 is 5.97 Å². The van der Waals surface area contributed by atoms with Gasteiger partial charge in [-0.15, -0.1) is 11.3 Å². The van der Waals surface area contributed by atoms with E-state index in [4.69, 9.17) is 9.47 Å². The average molecular weight is 377 g/mol. The van der Waals surface area contributed by atoms with E-state index < -0.39 is 5.97 Å². The maximum absolute atomic E-state index is 12.6. The van der Waals surface area contributed by atoms with E-state index in [1.165, 1.54) is 13.2 Å². The summed E-state index contributed by atoms with van der Waals surface area (Å²) < 4.78 is 12.5. The molecule has 0 saturated heterocycles. The molecule has 0 N–H and O–H groups in total. The summed E-state index contributed by atoms with van der Waals surface area (Å²) in [7, 11) is 3.35.